The fourth-order valence-electron chi connectivity index (χ4n) is 1.80. The summed E-state index contributed by atoms with van der Waals surface area (Å²) in [6.45, 7) is 0. The van der Waals surface area contributed by atoms with Gasteiger partial charge in [-0.15, -0.1) is 0 Å². The molecule has 1 aromatic rings. The van der Waals surface area contributed by atoms with E-state index < -0.39 is 17.7 Å². The normalized spacial score (nSPS) is 23.7. The number of esters is 1. The van der Waals surface area contributed by atoms with Gasteiger partial charge in [0.25, 0.3) is 0 Å². The number of hydrazine groups is 1. The molecule has 0 spiro atoms. The average Bonchev–Trinajstić information content (AvgIpc) is 2.81. The Hall–Kier alpha value is -1.53. The first-order valence-corrected chi connectivity index (χ1v) is 5.15. The van der Waals surface area contributed by atoms with Crippen LogP contribution in [0, 0.1) is 11.6 Å². The molecule has 6 heteroatoms. The summed E-state index contributed by atoms with van der Waals surface area (Å²) in [6, 6.07) is 2.95. The predicted octanol–water partition coefficient (Wildman–Crippen LogP) is 1.05. The number of methoxy groups -OCH3 is 1. The van der Waals surface area contributed by atoms with Crippen LogP contribution in [-0.2, 0) is 9.53 Å². The molecule has 92 valence electrons. The van der Waals surface area contributed by atoms with Gasteiger partial charge in [0.15, 0.2) is 11.6 Å². The van der Waals surface area contributed by atoms with Crippen LogP contribution in [0.3, 0.4) is 0 Å². The van der Waals surface area contributed by atoms with Crippen molar-refractivity contribution in [2.45, 2.75) is 18.5 Å². The monoisotopic (exact) mass is 242 g/mol. The van der Waals surface area contributed by atoms with E-state index in [0.29, 0.717) is 12.0 Å². The molecule has 0 saturated carbocycles. The largest absolute Gasteiger partial charge is 0.468 e. The maximum absolute atomic E-state index is 13.0. The van der Waals surface area contributed by atoms with Crippen molar-refractivity contribution >= 4 is 5.97 Å². The molecule has 1 aromatic carbocycles. The highest BCUT2D eigenvalue weighted by atomic mass is 19.2. The van der Waals surface area contributed by atoms with Crippen molar-refractivity contribution in [1.29, 1.82) is 0 Å². The molecule has 0 radical (unpaired) electrons. The summed E-state index contributed by atoms with van der Waals surface area (Å²) in [5, 5.41) is 0. The van der Waals surface area contributed by atoms with Crippen molar-refractivity contribution in [3.8, 4) is 0 Å². The van der Waals surface area contributed by atoms with Crippen LogP contribution in [0.2, 0.25) is 0 Å². The van der Waals surface area contributed by atoms with Crippen molar-refractivity contribution in [1.82, 2.24) is 10.9 Å². The summed E-state index contributed by atoms with van der Waals surface area (Å²) in [5.74, 6) is -2.17. The zero-order valence-electron chi connectivity index (χ0n) is 9.17. The van der Waals surface area contributed by atoms with Gasteiger partial charge in [0, 0.05) is 6.04 Å². The number of hydrogen-bond acceptors (Lipinski definition) is 4. The van der Waals surface area contributed by atoms with Crippen LogP contribution in [0.4, 0.5) is 8.78 Å². The van der Waals surface area contributed by atoms with Crippen LogP contribution < -0.4 is 10.9 Å². The number of benzene rings is 1. The van der Waals surface area contributed by atoms with E-state index in [0.717, 1.165) is 12.1 Å². The minimum Gasteiger partial charge on any atom is -0.468 e. The van der Waals surface area contributed by atoms with Crippen LogP contribution in [0.5, 0.6) is 0 Å². The third-order valence-corrected chi connectivity index (χ3v) is 2.73. The van der Waals surface area contributed by atoms with Crippen molar-refractivity contribution < 1.29 is 18.3 Å². The van der Waals surface area contributed by atoms with Gasteiger partial charge in [-0.2, -0.15) is 0 Å². The summed E-state index contributed by atoms with van der Waals surface area (Å²) >= 11 is 0. The quantitative estimate of drug-likeness (QED) is 0.761. The third-order valence-electron chi connectivity index (χ3n) is 2.73. The Bertz CT molecular complexity index is 439. The molecule has 2 rings (SSSR count). The molecule has 0 aliphatic carbocycles. The second kappa shape index (κ2) is 4.77. The molecule has 2 unspecified atom stereocenters. The highest BCUT2D eigenvalue weighted by Crippen LogP contribution is 2.23. The smallest absolute Gasteiger partial charge is 0.324 e. The van der Waals surface area contributed by atoms with Gasteiger partial charge in [-0.25, -0.2) is 19.6 Å². The lowest BCUT2D eigenvalue weighted by Gasteiger charge is -2.09. The van der Waals surface area contributed by atoms with Gasteiger partial charge in [0.1, 0.15) is 6.04 Å². The summed E-state index contributed by atoms with van der Waals surface area (Å²) in [6.07, 6.45) is 0.428. The third kappa shape index (κ3) is 2.42. The van der Waals surface area contributed by atoms with E-state index in [4.69, 9.17) is 0 Å². The Kier molecular flexibility index (Phi) is 3.35. The van der Waals surface area contributed by atoms with E-state index in [1.54, 1.807) is 0 Å². The van der Waals surface area contributed by atoms with Crippen molar-refractivity contribution in [2.75, 3.05) is 7.11 Å². The molecule has 1 saturated heterocycles. The molecule has 4 nitrogen and oxygen atoms in total. The number of rotatable bonds is 2. The fraction of sp³-hybridized carbons (Fsp3) is 0.364. The zero-order valence-corrected chi connectivity index (χ0v) is 9.17. The van der Waals surface area contributed by atoms with Gasteiger partial charge in [-0.1, -0.05) is 6.07 Å². The van der Waals surface area contributed by atoms with Crippen molar-refractivity contribution in [3.63, 3.8) is 0 Å². The Morgan fingerprint density at radius 3 is 2.76 bits per heavy atom. The second-order valence-electron chi connectivity index (χ2n) is 3.83. The first-order valence-electron chi connectivity index (χ1n) is 5.15. The van der Waals surface area contributed by atoms with Crippen LogP contribution in [0.15, 0.2) is 18.2 Å². The molecule has 1 fully saturated rings. The zero-order chi connectivity index (χ0) is 12.4. The van der Waals surface area contributed by atoms with E-state index in [1.807, 2.05) is 0 Å². The van der Waals surface area contributed by atoms with E-state index in [9.17, 15) is 13.6 Å². The standard InChI is InChI=1S/C11H12F2N2O2/c1-17-11(16)10-5-9(14-15-10)6-2-3-7(12)8(13)4-6/h2-4,9-10,14-15H,5H2,1H3. The van der Waals surface area contributed by atoms with Gasteiger partial charge in [0.2, 0.25) is 0 Å². The molecular weight excluding hydrogens is 230 g/mol. The van der Waals surface area contributed by atoms with Gasteiger partial charge < -0.3 is 4.74 Å². The summed E-state index contributed by atoms with van der Waals surface area (Å²) in [5.41, 5.74) is 6.18. The van der Waals surface area contributed by atoms with Crippen LogP contribution >= 0.6 is 0 Å². The molecular formula is C11H12F2N2O2. The molecule has 17 heavy (non-hydrogen) atoms. The maximum Gasteiger partial charge on any atom is 0.324 e. The fourth-order valence-corrected chi connectivity index (χ4v) is 1.80. The number of halogens is 2. The number of nitrogens with one attached hydrogen (secondary N) is 2. The Balaban J connectivity index is 2.10. The SMILES string of the molecule is COC(=O)C1CC(c2ccc(F)c(F)c2)NN1. The van der Waals surface area contributed by atoms with E-state index in [2.05, 4.69) is 15.6 Å². The minimum absolute atomic E-state index is 0.241. The van der Waals surface area contributed by atoms with E-state index in [-0.39, 0.29) is 12.0 Å². The number of carbonyl (C=O) groups is 1. The molecule has 2 atom stereocenters. The molecule has 1 aliphatic heterocycles. The van der Waals surface area contributed by atoms with E-state index >= 15 is 0 Å². The van der Waals surface area contributed by atoms with Gasteiger partial charge >= 0.3 is 5.97 Å². The lowest BCUT2D eigenvalue weighted by Crippen LogP contribution is -2.36. The molecule has 1 aliphatic rings. The van der Waals surface area contributed by atoms with Crippen LogP contribution in [0.25, 0.3) is 0 Å². The van der Waals surface area contributed by atoms with Gasteiger partial charge in [-0.3, -0.25) is 4.79 Å². The predicted molar refractivity (Wildman–Crippen MR) is 55.8 cm³/mol. The summed E-state index contributed by atoms with van der Waals surface area (Å²) < 4.78 is 30.4. The Morgan fingerprint density at radius 2 is 2.12 bits per heavy atom. The molecule has 0 aromatic heterocycles. The second-order valence-corrected chi connectivity index (χ2v) is 3.83. The van der Waals surface area contributed by atoms with Crippen LogP contribution in [0.1, 0.15) is 18.0 Å². The number of carbonyl (C=O) groups excluding carboxylic acids is 1. The summed E-state index contributed by atoms with van der Waals surface area (Å²) in [4.78, 5) is 11.3. The van der Waals surface area contributed by atoms with E-state index in [1.165, 1.54) is 13.2 Å². The minimum atomic E-state index is -0.897. The number of ether oxygens (including phenoxy) is 1. The van der Waals surface area contributed by atoms with Crippen molar-refractivity contribution in [2.24, 2.45) is 0 Å². The summed E-state index contributed by atoms with van der Waals surface area (Å²) in [7, 11) is 1.30. The Labute approximate surface area is 96.9 Å². The lowest BCUT2D eigenvalue weighted by molar-refractivity contribution is -0.142. The Morgan fingerprint density at radius 1 is 1.35 bits per heavy atom. The van der Waals surface area contributed by atoms with Crippen molar-refractivity contribution in [3.05, 3.63) is 35.4 Å². The molecule has 1 heterocycles. The maximum atomic E-state index is 13.0. The van der Waals surface area contributed by atoms with Crippen LogP contribution in [-0.4, -0.2) is 19.1 Å². The highest BCUT2D eigenvalue weighted by Gasteiger charge is 2.31. The lowest BCUT2D eigenvalue weighted by atomic mass is 10.0. The first-order chi connectivity index (χ1) is 8.11. The molecule has 2 N–H and O–H groups in total. The molecule has 0 bridgehead atoms. The highest BCUT2D eigenvalue weighted by molar-refractivity contribution is 5.76. The first kappa shape index (κ1) is 11.9. The topological polar surface area (TPSA) is 50.4 Å². The van der Waals surface area contributed by atoms with Gasteiger partial charge in [-0.05, 0) is 24.1 Å². The average molecular weight is 242 g/mol. The number of hydrogen-bond donors (Lipinski definition) is 2. The molecule has 0 amide bonds. The van der Waals surface area contributed by atoms with Gasteiger partial charge in [0.05, 0.1) is 7.11 Å².